The number of carbonyl (C=O) groups excluding carboxylic acids is 1. The molecule has 0 aromatic heterocycles. The number of ether oxygens (including phenoxy) is 2. The largest absolute Gasteiger partial charge is 0.494 e. The van der Waals surface area contributed by atoms with Gasteiger partial charge >= 0.3 is 0 Å². The maximum atomic E-state index is 12.7. The predicted molar refractivity (Wildman–Crippen MR) is 129 cm³/mol. The molecule has 0 aliphatic carbocycles. The van der Waals surface area contributed by atoms with Gasteiger partial charge in [0.2, 0.25) is 0 Å². The first kappa shape index (κ1) is 24.4. The molecule has 0 heterocycles. The van der Waals surface area contributed by atoms with Crippen LogP contribution >= 0.6 is 11.6 Å². The summed E-state index contributed by atoms with van der Waals surface area (Å²) in [5.41, 5.74) is 0.782. The first-order chi connectivity index (χ1) is 15.8. The fraction of sp³-hybridized carbons (Fsp3) is 0.208. The Bertz CT molecular complexity index is 1180. The second-order valence-corrected chi connectivity index (χ2v) is 9.18. The van der Waals surface area contributed by atoms with Crippen LogP contribution in [0.3, 0.4) is 0 Å². The SMILES string of the molecule is CCOc1ccc(S(=O)(=O)Nc2ccc(C(=O)N(C)CCOc3ccccc3Cl)cc2)cc1. The minimum absolute atomic E-state index is 0.115. The van der Waals surface area contributed by atoms with Crippen molar-refractivity contribution < 1.29 is 22.7 Å². The van der Waals surface area contributed by atoms with Crippen LogP contribution in [0.4, 0.5) is 5.69 Å². The Kier molecular flexibility index (Phi) is 8.19. The van der Waals surface area contributed by atoms with Gasteiger partial charge in [0.15, 0.2) is 0 Å². The molecule has 33 heavy (non-hydrogen) atoms. The van der Waals surface area contributed by atoms with Crippen molar-refractivity contribution in [3.63, 3.8) is 0 Å². The lowest BCUT2D eigenvalue weighted by atomic mass is 10.2. The number of anilines is 1. The number of para-hydroxylation sites is 1. The monoisotopic (exact) mass is 488 g/mol. The highest BCUT2D eigenvalue weighted by atomic mass is 35.5. The van der Waals surface area contributed by atoms with Gasteiger partial charge in [-0.1, -0.05) is 23.7 Å². The van der Waals surface area contributed by atoms with Crippen molar-refractivity contribution in [2.75, 3.05) is 31.5 Å². The van der Waals surface area contributed by atoms with Gasteiger partial charge in [0, 0.05) is 18.3 Å². The molecular weight excluding hydrogens is 464 g/mol. The van der Waals surface area contributed by atoms with E-state index in [1.807, 2.05) is 19.1 Å². The molecule has 0 atom stereocenters. The van der Waals surface area contributed by atoms with Gasteiger partial charge in [-0.3, -0.25) is 9.52 Å². The first-order valence-corrected chi connectivity index (χ1v) is 12.1. The normalized spacial score (nSPS) is 11.0. The molecular formula is C24H25ClN2O5S. The van der Waals surface area contributed by atoms with E-state index in [-0.39, 0.29) is 17.4 Å². The Hall–Kier alpha value is -3.23. The van der Waals surface area contributed by atoms with Crippen LogP contribution in [0.1, 0.15) is 17.3 Å². The lowest BCUT2D eigenvalue weighted by molar-refractivity contribution is 0.0774. The van der Waals surface area contributed by atoms with Crippen LogP contribution in [-0.4, -0.2) is 46.0 Å². The Morgan fingerprint density at radius 3 is 2.27 bits per heavy atom. The maximum Gasteiger partial charge on any atom is 0.261 e. The summed E-state index contributed by atoms with van der Waals surface area (Å²) in [6.45, 7) is 2.99. The van der Waals surface area contributed by atoms with Crippen LogP contribution in [0.25, 0.3) is 0 Å². The molecule has 0 bridgehead atoms. The predicted octanol–water partition coefficient (Wildman–Crippen LogP) is 4.69. The zero-order valence-electron chi connectivity index (χ0n) is 18.3. The van der Waals surface area contributed by atoms with Gasteiger partial charge < -0.3 is 14.4 Å². The van der Waals surface area contributed by atoms with Crippen LogP contribution < -0.4 is 14.2 Å². The average Bonchev–Trinajstić information content (AvgIpc) is 2.80. The molecule has 1 amide bonds. The summed E-state index contributed by atoms with van der Waals surface area (Å²) < 4.78 is 38.7. The van der Waals surface area contributed by atoms with Gasteiger partial charge in [-0.25, -0.2) is 8.42 Å². The van der Waals surface area contributed by atoms with Gasteiger partial charge in [-0.15, -0.1) is 0 Å². The third-order valence-electron chi connectivity index (χ3n) is 4.70. The lowest BCUT2D eigenvalue weighted by Crippen LogP contribution is -2.30. The Morgan fingerprint density at radius 1 is 0.970 bits per heavy atom. The topological polar surface area (TPSA) is 84.9 Å². The van der Waals surface area contributed by atoms with Crippen molar-refractivity contribution in [2.24, 2.45) is 0 Å². The van der Waals surface area contributed by atoms with E-state index < -0.39 is 10.0 Å². The van der Waals surface area contributed by atoms with E-state index in [2.05, 4.69) is 4.72 Å². The van der Waals surface area contributed by atoms with E-state index in [0.29, 0.717) is 40.9 Å². The molecule has 0 spiro atoms. The molecule has 0 fully saturated rings. The van der Waals surface area contributed by atoms with E-state index in [9.17, 15) is 13.2 Å². The van der Waals surface area contributed by atoms with E-state index in [1.54, 1.807) is 55.6 Å². The third kappa shape index (κ3) is 6.63. The standard InChI is InChI=1S/C24H25ClN2O5S/c1-3-31-20-12-14-21(15-13-20)33(29,30)26-19-10-8-18(9-11-19)24(28)27(2)16-17-32-23-7-5-4-6-22(23)25/h4-15,26H,3,16-17H2,1-2H3. The molecule has 3 aromatic rings. The number of halogens is 1. The highest BCUT2D eigenvalue weighted by molar-refractivity contribution is 7.92. The van der Waals surface area contributed by atoms with E-state index in [4.69, 9.17) is 21.1 Å². The summed E-state index contributed by atoms with van der Waals surface area (Å²) >= 11 is 6.06. The van der Waals surface area contributed by atoms with Crippen LogP contribution in [-0.2, 0) is 10.0 Å². The summed E-state index contributed by atoms with van der Waals surface area (Å²) in [5, 5.41) is 0.509. The third-order valence-corrected chi connectivity index (χ3v) is 6.41. The number of hydrogen-bond acceptors (Lipinski definition) is 5. The number of hydrogen-bond donors (Lipinski definition) is 1. The van der Waals surface area contributed by atoms with Crippen LogP contribution in [0.15, 0.2) is 77.7 Å². The summed E-state index contributed by atoms with van der Waals surface area (Å²) in [7, 11) is -2.10. The Balaban J connectivity index is 1.57. The number of likely N-dealkylation sites (N-methyl/N-ethyl adjacent to an activating group) is 1. The average molecular weight is 489 g/mol. The number of carbonyl (C=O) groups is 1. The molecule has 0 radical (unpaired) electrons. The van der Waals surface area contributed by atoms with Gasteiger partial charge in [0.05, 0.1) is 23.1 Å². The first-order valence-electron chi connectivity index (χ1n) is 10.3. The molecule has 3 aromatic carbocycles. The number of sulfonamides is 1. The number of nitrogens with zero attached hydrogens (tertiary/aromatic N) is 1. The molecule has 0 saturated carbocycles. The van der Waals surface area contributed by atoms with Gasteiger partial charge in [-0.2, -0.15) is 0 Å². The molecule has 0 saturated heterocycles. The van der Waals surface area contributed by atoms with Gasteiger partial charge in [0.1, 0.15) is 18.1 Å². The summed E-state index contributed by atoms with van der Waals surface area (Å²) in [4.78, 5) is 14.3. The quantitative estimate of drug-likeness (QED) is 0.447. The van der Waals surface area contributed by atoms with E-state index in [0.717, 1.165) is 0 Å². The van der Waals surface area contributed by atoms with E-state index in [1.165, 1.54) is 17.0 Å². The lowest BCUT2D eigenvalue weighted by Gasteiger charge is -2.18. The summed E-state index contributed by atoms with van der Waals surface area (Å²) in [6, 6.07) is 19.5. The minimum Gasteiger partial charge on any atom is -0.494 e. The molecule has 174 valence electrons. The van der Waals surface area contributed by atoms with Crippen LogP contribution in [0.2, 0.25) is 5.02 Å². The Morgan fingerprint density at radius 2 is 1.64 bits per heavy atom. The zero-order valence-corrected chi connectivity index (χ0v) is 19.9. The van der Waals surface area contributed by atoms with Crippen molar-refractivity contribution in [1.82, 2.24) is 4.90 Å². The number of amides is 1. The fourth-order valence-corrected chi connectivity index (χ4v) is 4.20. The summed E-state index contributed by atoms with van der Waals surface area (Å²) in [6.07, 6.45) is 0. The smallest absolute Gasteiger partial charge is 0.261 e. The molecule has 7 nitrogen and oxygen atoms in total. The number of nitrogens with one attached hydrogen (secondary N) is 1. The number of benzene rings is 3. The second kappa shape index (κ2) is 11.1. The second-order valence-electron chi connectivity index (χ2n) is 7.09. The van der Waals surface area contributed by atoms with Crippen molar-refractivity contribution in [1.29, 1.82) is 0 Å². The molecule has 0 unspecified atom stereocenters. The van der Waals surface area contributed by atoms with Crippen molar-refractivity contribution in [2.45, 2.75) is 11.8 Å². The van der Waals surface area contributed by atoms with Crippen molar-refractivity contribution in [3.8, 4) is 11.5 Å². The van der Waals surface area contributed by atoms with Crippen LogP contribution in [0.5, 0.6) is 11.5 Å². The molecule has 0 aliphatic rings. The summed E-state index contributed by atoms with van der Waals surface area (Å²) in [5.74, 6) is 0.948. The van der Waals surface area contributed by atoms with Crippen molar-refractivity contribution >= 4 is 33.2 Å². The van der Waals surface area contributed by atoms with Crippen molar-refractivity contribution in [3.05, 3.63) is 83.4 Å². The molecule has 1 N–H and O–H groups in total. The fourth-order valence-electron chi connectivity index (χ4n) is 2.95. The Labute approximate surface area is 198 Å². The van der Waals surface area contributed by atoms with Gasteiger partial charge in [-0.05, 0) is 67.6 Å². The van der Waals surface area contributed by atoms with Gasteiger partial charge in [0.25, 0.3) is 15.9 Å². The minimum atomic E-state index is -3.76. The zero-order chi connectivity index (χ0) is 23.8. The van der Waals surface area contributed by atoms with E-state index >= 15 is 0 Å². The molecule has 3 rings (SSSR count). The van der Waals surface area contributed by atoms with Crippen LogP contribution in [0, 0.1) is 0 Å². The highest BCUT2D eigenvalue weighted by Crippen LogP contribution is 2.23. The maximum absolute atomic E-state index is 12.7. The molecule has 0 aliphatic heterocycles. The highest BCUT2D eigenvalue weighted by Gasteiger charge is 2.16. The molecule has 9 heteroatoms. The number of rotatable bonds is 10.